The van der Waals surface area contributed by atoms with Crippen molar-refractivity contribution in [2.75, 3.05) is 11.9 Å². The van der Waals surface area contributed by atoms with Crippen LogP contribution in [0, 0.1) is 11.7 Å². The molecule has 2 atom stereocenters. The summed E-state index contributed by atoms with van der Waals surface area (Å²) in [6.45, 7) is 2.56. The molecule has 0 spiro atoms. The number of ether oxygens (including phenoxy) is 1. The first-order chi connectivity index (χ1) is 10.1. The Morgan fingerprint density at radius 3 is 3.10 bits per heavy atom. The zero-order valence-electron chi connectivity index (χ0n) is 11.5. The van der Waals surface area contributed by atoms with Gasteiger partial charge in [0, 0.05) is 25.1 Å². The molecule has 2 aromatic rings. The van der Waals surface area contributed by atoms with Crippen LogP contribution in [0.1, 0.15) is 13.3 Å². The van der Waals surface area contributed by atoms with E-state index >= 15 is 0 Å². The summed E-state index contributed by atoms with van der Waals surface area (Å²) < 4.78 is 20.3. The largest absolute Gasteiger partial charge is 0.368 e. The Kier molecular flexibility index (Phi) is 3.66. The van der Waals surface area contributed by atoms with Gasteiger partial charge in [0.2, 0.25) is 0 Å². The molecule has 0 aliphatic carbocycles. The van der Waals surface area contributed by atoms with E-state index < -0.39 is 11.9 Å². The Morgan fingerprint density at radius 1 is 1.52 bits per heavy atom. The number of nitrogens with zero attached hydrogens (tertiary/aromatic N) is 3. The summed E-state index contributed by atoms with van der Waals surface area (Å²) in [7, 11) is 0. The van der Waals surface area contributed by atoms with Crippen molar-refractivity contribution in [3.8, 4) is 5.82 Å². The lowest BCUT2D eigenvalue weighted by Gasteiger charge is -2.12. The van der Waals surface area contributed by atoms with Crippen molar-refractivity contribution in [2.24, 2.45) is 5.92 Å². The molecule has 3 heterocycles. The Labute approximate surface area is 120 Å². The van der Waals surface area contributed by atoms with Gasteiger partial charge in [-0.25, -0.2) is 14.1 Å². The van der Waals surface area contributed by atoms with Gasteiger partial charge in [-0.05, 0) is 24.5 Å². The van der Waals surface area contributed by atoms with Gasteiger partial charge >= 0.3 is 0 Å². The molecule has 21 heavy (non-hydrogen) atoms. The first kappa shape index (κ1) is 13.7. The highest BCUT2D eigenvalue weighted by molar-refractivity contribution is 5.93. The number of carbonyl (C=O) groups excluding carboxylic acids is 1. The Hall–Kier alpha value is -2.28. The van der Waals surface area contributed by atoms with E-state index in [-0.39, 0.29) is 17.6 Å². The first-order valence-electron chi connectivity index (χ1n) is 6.74. The third-order valence-electron chi connectivity index (χ3n) is 3.44. The lowest BCUT2D eigenvalue weighted by Crippen LogP contribution is -2.31. The number of amides is 1. The molecule has 110 valence electrons. The average molecular weight is 290 g/mol. The number of rotatable bonds is 3. The highest BCUT2D eigenvalue weighted by atomic mass is 19.1. The van der Waals surface area contributed by atoms with Gasteiger partial charge in [0.15, 0.2) is 17.5 Å². The number of halogens is 1. The molecule has 6 nitrogen and oxygen atoms in total. The van der Waals surface area contributed by atoms with Crippen LogP contribution < -0.4 is 5.32 Å². The molecule has 0 unspecified atom stereocenters. The van der Waals surface area contributed by atoms with E-state index in [9.17, 15) is 9.18 Å². The van der Waals surface area contributed by atoms with Crippen molar-refractivity contribution >= 4 is 11.7 Å². The number of hydrogen-bond donors (Lipinski definition) is 1. The lowest BCUT2D eigenvalue weighted by atomic mass is 10.0. The van der Waals surface area contributed by atoms with Crippen LogP contribution in [0.2, 0.25) is 0 Å². The van der Waals surface area contributed by atoms with Crippen molar-refractivity contribution in [2.45, 2.75) is 19.4 Å². The van der Waals surface area contributed by atoms with E-state index in [1.807, 2.05) is 6.92 Å². The van der Waals surface area contributed by atoms with E-state index in [4.69, 9.17) is 4.74 Å². The molecule has 1 saturated heterocycles. The number of anilines is 1. The molecule has 0 aromatic carbocycles. The van der Waals surface area contributed by atoms with Crippen LogP contribution in [0.5, 0.6) is 0 Å². The normalized spacial score (nSPS) is 21.4. The summed E-state index contributed by atoms with van der Waals surface area (Å²) in [5, 5.41) is 6.78. The standard InChI is InChI=1S/C14H15FN4O2/c1-9-5-8-21-12(9)14(20)17-11-4-7-19(18-11)13-10(15)3-2-6-16-13/h2-4,6-7,9,12H,5,8H2,1H3,(H,17,18,20)/t9-,12+/m1/s1. The van der Waals surface area contributed by atoms with E-state index in [1.54, 1.807) is 12.3 Å². The first-order valence-corrected chi connectivity index (χ1v) is 6.74. The van der Waals surface area contributed by atoms with Crippen LogP contribution in [0.3, 0.4) is 0 Å². The molecule has 1 aliphatic heterocycles. The Balaban J connectivity index is 1.74. The van der Waals surface area contributed by atoms with Gasteiger partial charge in [-0.15, -0.1) is 5.10 Å². The molecule has 3 rings (SSSR count). The predicted octanol–water partition coefficient (Wildman–Crippen LogP) is 1.77. The predicted molar refractivity (Wildman–Crippen MR) is 73.5 cm³/mol. The quantitative estimate of drug-likeness (QED) is 0.935. The summed E-state index contributed by atoms with van der Waals surface area (Å²) in [5.41, 5.74) is 0. The monoisotopic (exact) mass is 290 g/mol. The third kappa shape index (κ3) is 2.78. The minimum absolute atomic E-state index is 0.0866. The zero-order chi connectivity index (χ0) is 14.8. The molecular formula is C14H15FN4O2. The molecule has 7 heteroatoms. The fraction of sp³-hybridized carbons (Fsp3) is 0.357. The number of hydrogen-bond acceptors (Lipinski definition) is 4. The van der Waals surface area contributed by atoms with Crippen LogP contribution >= 0.6 is 0 Å². The number of aromatic nitrogens is 3. The second-order valence-electron chi connectivity index (χ2n) is 5.00. The van der Waals surface area contributed by atoms with E-state index in [2.05, 4.69) is 15.4 Å². The highest BCUT2D eigenvalue weighted by Gasteiger charge is 2.31. The smallest absolute Gasteiger partial charge is 0.254 e. The van der Waals surface area contributed by atoms with Crippen molar-refractivity contribution < 1.29 is 13.9 Å². The van der Waals surface area contributed by atoms with Crippen LogP contribution in [0.4, 0.5) is 10.2 Å². The zero-order valence-corrected chi connectivity index (χ0v) is 11.5. The molecule has 2 aromatic heterocycles. The Morgan fingerprint density at radius 2 is 2.38 bits per heavy atom. The third-order valence-corrected chi connectivity index (χ3v) is 3.44. The SMILES string of the molecule is C[C@@H]1CCO[C@@H]1C(=O)Nc1ccn(-c2ncccc2F)n1. The van der Waals surface area contributed by atoms with Crippen molar-refractivity contribution in [1.29, 1.82) is 0 Å². The fourth-order valence-electron chi connectivity index (χ4n) is 2.28. The minimum atomic E-state index is -0.480. The fourth-order valence-corrected chi connectivity index (χ4v) is 2.28. The van der Waals surface area contributed by atoms with Crippen LogP contribution in [0.25, 0.3) is 5.82 Å². The summed E-state index contributed by atoms with van der Waals surface area (Å²) in [6.07, 6.45) is 3.43. The lowest BCUT2D eigenvalue weighted by molar-refractivity contribution is -0.126. The maximum atomic E-state index is 13.6. The second-order valence-corrected chi connectivity index (χ2v) is 5.00. The number of carbonyl (C=O) groups is 1. The summed E-state index contributed by atoms with van der Waals surface area (Å²) in [4.78, 5) is 16.0. The molecule has 0 saturated carbocycles. The van der Waals surface area contributed by atoms with Gasteiger partial charge in [0.05, 0.1) is 0 Å². The van der Waals surface area contributed by atoms with Crippen molar-refractivity contribution in [1.82, 2.24) is 14.8 Å². The molecule has 1 N–H and O–H groups in total. The van der Waals surface area contributed by atoms with Gasteiger partial charge in [0.1, 0.15) is 6.10 Å². The van der Waals surface area contributed by atoms with Crippen molar-refractivity contribution in [3.63, 3.8) is 0 Å². The molecule has 1 fully saturated rings. The van der Waals surface area contributed by atoms with Crippen LogP contribution in [0.15, 0.2) is 30.6 Å². The van der Waals surface area contributed by atoms with E-state index in [0.717, 1.165) is 6.42 Å². The summed E-state index contributed by atoms with van der Waals surface area (Å²) in [5.74, 6) is -0.102. The Bertz CT molecular complexity index is 658. The van der Waals surface area contributed by atoms with E-state index in [0.29, 0.717) is 12.4 Å². The van der Waals surface area contributed by atoms with Crippen molar-refractivity contribution in [3.05, 3.63) is 36.4 Å². The number of pyridine rings is 1. The minimum Gasteiger partial charge on any atom is -0.368 e. The van der Waals surface area contributed by atoms with Gasteiger partial charge < -0.3 is 10.1 Å². The average Bonchev–Trinajstić information content (AvgIpc) is 3.08. The van der Waals surface area contributed by atoms with Gasteiger partial charge in [0.25, 0.3) is 5.91 Å². The van der Waals surface area contributed by atoms with Gasteiger partial charge in [-0.3, -0.25) is 4.79 Å². The van der Waals surface area contributed by atoms with Gasteiger partial charge in [-0.1, -0.05) is 6.92 Å². The molecule has 1 amide bonds. The second kappa shape index (κ2) is 5.61. The highest BCUT2D eigenvalue weighted by Crippen LogP contribution is 2.21. The summed E-state index contributed by atoms with van der Waals surface area (Å²) >= 11 is 0. The maximum absolute atomic E-state index is 13.6. The number of nitrogens with one attached hydrogen (secondary N) is 1. The van der Waals surface area contributed by atoms with E-state index in [1.165, 1.54) is 23.0 Å². The molecule has 1 aliphatic rings. The molecular weight excluding hydrogens is 275 g/mol. The molecule has 0 bridgehead atoms. The summed E-state index contributed by atoms with van der Waals surface area (Å²) in [6, 6.07) is 4.39. The van der Waals surface area contributed by atoms with Gasteiger partial charge in [-0.2, -0.15) is 0 Å². The topological polar surface area (TPSA) is 69.0 Å². The van der Waals surface area contributed by atoms with Crippen LogP contribution in [-0.4, -0.2) is 33.4 Å². The maximum Gasteiger partial charge on any atom is 0.254 e. The molecule has 0 radical (unpaired) electrons. The van der Waals surface area contributed by atoms with Crippen LogP contribution in [-0.2, 0) is 9.53 Å².